The quantitative estimate of drug-likeness (QED) is 0.670. The van der Waals surface area contributed by atoms with Crippen LogP contribution >= 0.6 is 12.2 Å². The summed E-state index contributed by atoms with van der Waals surface area (Å²) >= 11 is 5.40. The highest BCUT2D eigenvalue weighted by Crippen LogP contribution is 2.27. The van der Waals surface area contributed by atoms with Crippen LogP contribution in [0, 0.1) is 4.77 Å². The van der Waals surface area contributed by atoms with Crippen LogP contribution in [-0.2, 0) is 13.7 Å². The zero-order chi connectivity index (χ0) is 16.2. The summed E-state index contributed by atoms with van der Waals surface area (Å²) in [6.07, 6.45) is 1.75. The van der Waals surface area contributed by atoms with Crippen molar-refractivity contribution in [2.45, 2.75) is 12.7 Å². The van der Waals surface area contributed by atoms with Crippen LogP contribution in [0.1, 0.15) is 17.2 Å². The van der Waals surface area contributed by atoms with Crippen molar-refractivity contribution >= 4 is 12.2 Å². The molecular weight excluding hydrogens is 304 g/mol. The van der Waals surface area contributed by atoms with Crippen molar-refractivity contribution < 1.29 is 0 Å². The second kappa shape index (κ2) is 6.89. The van der Waals surface area contributed by atoms with Crippen molar-refractivity contribution in [3.63, 3.8) is 0 Å². The van der Waals surface area contributed by atoms with Crippen LogP contribution in [0.15, 0.2) is 67.0 Å². The Balaban J connectivity index is 1.95. The molecule has 0 fully saturated rings. The molecule has 0 amide bonds. The van der Waals surface area contributed by atoms with Crippen LogP contribution < -0.4 is 0 Å². The van der Waals surface area contributed by atoms with Crippen LogP contribution in [0.3, 0.4) is 0 Å². The number of nitrogens with zero attached hydrogens (tertiary/aromatic N) is 4. The Labute approximate surface area is 141 Å². The van der Waals surface area contributed by atoms with Crippen molar-refractivity contribution in [2.75, 3.05) is 7.05 Å². The van der Waals surface area contributed by atoms with Crippen LogP contribution in [0.4, 0.5) is 0 Å². The monoisotopic (exact) mass is 324 g/mol. The predicted octanol–water partition coefficient (Wildman–Crippen LogP) is 3.63. The van der Waals surface area contributed by atoms with Gasteiger partial charge in [-0.25, -0.2) is 4.68 Å². The number of aromatic nitrogens is 3. The van der Waals surface area contributed by atoms with Crippen molar-refractivity contribution in [1.29, 1.82) is 0 Å². The summed E-state index contributed by atoms with van der Waals surface area (Å²) in [6.45, 7) is 0.633. The molecule has 0 spiro atoms. The van der Waals surface area contributed by atoms with Gasteiger partial charge in [0.25, 0.3) is 0 Å². The van der Waals surface area contributed by atoms with E-state index in [1.807, 2.05) is 28.4 Å². The standard InChI is InChI=1S/C18H20N4S/c1-20-13-19-22(18(20)23)14-21(2)17(15-9-5-3-6-10-15)16-11-7-4-8-12-16/h3-13,17H,14H2,1-2H3. The summed E-state index contributed by atoms with van der Waals surface area (Å²) in [5.41, 5.74) is 2.51. The van der Waals surface area contributed by atoms with E-state index >= 15 is 0 Å². The number of benzene rings is 2. The molecule has 0 saturated heterocycles. The molecule has 0 aliphatic heterocycles. The molecule has 0 bridgehead atoms. The van der Waals surface area contributed by atoms with E-state index in [0.717, 1.165) is 4.77 Å². The lowest BCUT2D eigenvalue weighted by atomic mass is 9.98. The van der Waals surface area contributed by atoms with Crippen LogP contribution in [0.25, 0.3) is 0 Å². The minimum absolute atomic E-state index is 0.154. The molecule has 0 atom stereocenters. The summed E-state index contributed by atoms with van der Waals surface area (Å²) in [5, 5.41) is 4.36. The SMILES string of the molecule is CN(Cn1ncn(C)c1=S)C(c1ccccc1)c1ccccc1. The Morgan fingerprint density at radius 2 is 1.52 bits per heavy atom. The molecule has 0 aliphatic rings. The third kappa shape index (κ3) is 3.41. The summed E-state index contributed by atoms with van der Waals surface area (Å²) in [5.74, 6) is 0. The van der Waals surface area contributed by atoms with E-state index in [9.17, 15) is 0 Å². The first-order chi connectivity index (χ1) is 11.2. The first-order valence-electron chi connectivity index (χ1n) is 7.55. The molecular formula is C18H20N4S. The third-order valence-corrected chi connectivity index (χ3v) is 4.41. The Hall–Kier alpha value is -2.24. The molecule has 3 aromatic rings. The van der Waals surface area contributed by atoms with Gasteiger partial charge in [-0.2, -0.15) is 5.10 Å². The van der Waals surface area contributed by atoms with E-state index in [2.05, 4.69) is 65.6 Å². The normalized spacial score (nSPS) is 11.3. The largest absolute Gasteiger partial charge is 0.310 e. The fraction of sp³-hybridized carbons (Fsp3) is 0.222. The number of hydrogen-bond acceptors (Lipinski definition) is 3. The smallest absolute Gasteiger partial charge is 0.198 e. The first-order valence-corrected chi connectivity index (χ1v) is 7.96. The van der Waals surface area contributed by atoms with Crippen molar-refractivity contribution in [2.24, 2.45) is 7.05 Å². The van der Waals surface area contributed by atoms with E-state index in [0.29, 0.717) is 6.67 Å². The molecule has 0 aliphatic carbocycles. The van der Waals surface area contributed by atoms with Gasteiger partial charge in [-0.05, 0) is 30.4 Å². The lowest BCUT2D eigenvalue weighted by Crippen LogP contribution is -2.28. The van der Waals surface area contributed by atoms with Gasteiger partial charge in [-0.1, -0.05) is 60.7 Å². The van der Waals surface area contributed by atoms with Gasteiger partial charge in [-0.15, -0.1) is 0 Å². The van der Waals surface area contributed by atoms with E-state index in [1.165, 1.54) is 11.1 Å². The summed E-state index contributed by atoms with van der Waals surface area (Å²) in [4.78, 5) is 2.26. The summed E-state index contributed by atoms with van der Waals surface area (Å²) < 4.78 is 4.41. The molecule has 3 rings (SSSR count). The molecule has 0 N–H and O–H groups in total. The fourth-order valence-corrected chi connectivity index (χ4v) is 2.93. The molecule has 1 aromatic heterocycles. The number of hydrogen-bond donors (Lipinski definition) is 0. The minimum Gasteiger partial charge on any atom is -0.310 e. The van der Waals surface area contributed by atoms with E-state index < -0.39 is 0 Å². The van der Waals surface area contributed by atoms with E-state index in [-0.39, 0.29) is 6.04 Å². The van der Waals surface area contributed by atoms with Crippen molar-refractivity contribution in [3.05, 3.63) is 82.9 Å². The molecule has 1 heterocycles. The Morgan fingerprint density at radius 1 is 1.00 bits per heavy atom. The summed E-state index contributed by atoms with van der Waals surface area (Å²) in [6, 6.07) is 21.2. The molecule has 23 heavy (non-hydrogen) atoms. The molecule has 5 heteroatoms. The van der Waals surface area contributed by atoms with Gasteiger partial charge in [0.2, 0.25) is 0 Å². The van der Waals surface area contributed by atoms with Crippen LogP contribution in [0.5, 0.6) is 0 Å². The van der Waals surface area contributed by atoms with Crippen LogP contribution in [0.2, 0.25) is 0 Å². The van der Waals surface area contributed by atoms with Gasteiger partial charge in [0.05, 0.1) is 12.7 Å². The van der Waals surface area contributed by atoms with Crippen molar-refractivity contribution in [3.8, 4) is 0 Å². The average Bonchev–Trinajstić information content (AvgIpc) is 2.89. The van der Waals surface area contributed by atoms with Crippen LogP contribution in [-0.4, -0.2) is 26.3 Å². The number of aryl methyl sites for hydroxylation is 1. The Bertz CT molecular complexity index is 768. The topological polar surface area (TPSA) is 26.0 Å². The van der Waals surface area contributed by atoms with Crippen molar-refractivity contribution in [1.82, 2.24) is 19.2 Å². The van der Waals surface area contributed by atoms with Gasteiger partial charge >= 0.3 is 0 Å². The van der Waals surface area contributed by atoms with Gasteiger partial charge in [-0.3, -0.25) is 4.90 Å². The second-order valence-electron chi connectivity index (χ2n) is 5.65. The zero-order valence-corrected chi connectivity index (χ0v) is 14.1. The first kappa shape index (κ1) is 15.6. The molecule has 4 nitrogen and oxygen atoms in total. The minimum atomic E-state index is 0.154. The molecule has 0 unspecified atom stereocenters. The predicted molar refractivity (Wildman–Crippen MR) is 94.5 cm³/mol. The average molecular weight is 324 g/mol. The molecule has 118 valence electrons. The number of rotatable bonds is 5. The maximum Gasteiger partial charge on any atom is 0.198 e. The Morgan fingerprint density at radius 3 is 1.96 bits per heavy atom. The van der Waals surface area contributed by atoms with Gasteiger partial charge in [0.1, 0.15) is 6.33 Å². The lowest BCUT2D eigenvalue weighted by Gasteiger charge is -2.28. The highest BCUT2D eigenvalue weighted by atomic mass is 32.1. The third-order valence-electron chi connectivity index (χ3n) is 3.92. The lowest BCUT2D eigenvalue weighted by molar-refractivity contribution is 0.208. The van der Waals surface area contributed by atoms with Gasteiger partial charge in [0.15, 0.2) is 4.77 Å². The highest BCUT2D eigenvalue weighted by Gasteiger charge is 2.19. The fourth-order valence-electron chi connectivity index (χ4n) is 2.78. The van der Waals surface area contributed by atoms with E-state index in [4.69, 9.17) is 12.2 Å². The maximum atomic E-state index is 5.40. The van der Waals surface area contributed by atoms with Gasteiger partial charge < -0.3 is 4.57 Å². The van der Waals surface area contributed by atoms with Gasteiger partial charge in [0, 0.05) is 7.05 Å². The van der Waals surface area contributed by atoms with E-state index in [1.54, 1.807) is 6.33 Å². The summed E-state index contributed by atoms with van der Waals surface area (Å²) in [7, 11) is 4.01. The highest BCUT2D eigenvalue weighted by molar-refractivity contribution is 7.71. The maximum absolute atomic E-state index is 5.40. The second-order valence-corrected chi connectivity index (χ2v) is 6.01. The molecule has 0 saturated carbocycles. The molecule has 2 aromatic carbocycles. The zero-order valence-electron chi connectivity index (χ0n) is 13.3. The Kier molecular flexibility index (Phi) is 4.69. The molecule has 0 radical (unpaired) electrons.